The monoisotopic (exact) mass is 242 g/mol. The van der Waals surface area contributed by atoms with E-state index in [1.54, 1.807) is 6.92 Å². The molecule has 2 N–H and O–H groups in total. The molecule has 2 atom stereocenters. The fourth-order valence-electron chi connectivity index (χ4n) is 2.37. The Morgan fingerprint density at radius 2 is 2.24 bits per heavy atom. The van der Waals surface area contributed by atoms with E-state index in [2.05, 4.69) is 5.32 Å². The molecule has 0 aliphatic carbocycles. The normalized spacial score (nSPS) is 21.4. The lowest BCUT2D eigenvalue weighted by atomic mass is 10.1. The average Bonchev–Trinajstić information content (AvgIpc) is 2.72. The second-order valence-corrected chi connectivity index (χ2v) is 4.62. The minimum absolute atomic E-state index is 0.0133. The predicted molar refractivity (Wildman–Crippen MR) is 64.3 cm³/mol. The van der Waals surface area contributed by atoms with Crippen LogP contribution in [0.15, 0.2) is 0 Å². The van der Waals surface area contributed by atoms with Crippen molar-refractivity contribution in [3.63, 3.8) is 0 Å². The minimum atomic E-state index is -0.456. The van der Waals surface area contributed by atoms with Crippen LogP contribution in [0.5, 0.6) is 0 Å². The van der Waals surface area contributed by atoms with Gasteiger partial charge in [0.05, 0.1) is 0 Å². The van der Waals surface area contributed by atoms with Gasteiger partial charge in [-0.15, -0.1) is 0 Å². The molecule has 2 unspecified atom stereocenters. The largest absolute Gasteiger partial charge is 0.396 e. The second-order valence-electron chi connectivity index (χ2n) is 4.62. The quantitative estimate of drug-likeness (QED) is 0.727. The zero-order valence-electron chi connectivity index (χ0n) is 10.6. The molecule has 1 aliphatic rings. The highest BCUT2D eigenvalue weighted by molar-refractivity contribution is 5.86. The zero-order chi connectivity index (χ0) is 12.8. The maximum Gasteiger partial charge on any atom is 0.245 e. The molecule has 5 nitrogen and oxygen atoms in total. The summed E-state index contributed by atoms with van der Waals surface area (Å²) >= 11 is 0. The van der Waals surface area contributed by atoms with Crippen LogP contribution in [0.4, 0.5) is 0 Å². The number of nitrogens with one attached hydrogen (secondary N) is 1. The number of rotatable bonds is 5. The summed E-state index contributed by atoms with van der Waals surface area (Å²) in [4.78, 5) is 24.9. The van der Waals surface area contributed by atoms with Crippen molar-refractivity contribution in [3.8, 4) is 0 Å². The van der Waals surface area contributed by atoms with Crippen molar-refractivity contribution in [2.75, 3.05) is 13.2 Å². The van der Waals surface area contributed by atoms with Crippen LogP contribution in [0.3, 0.4) is 0 Å². The van der Waals surface area contributed by atoms with Gasteiger partial charge in [0.2, 0.25) is 11.8 Å². The van der Waals surface area contributed by atoms with Crippen molar-refractivity contribution in [1.82, 2.24) is 10.2 Å². The van der Waals surface area contributed by atoms with Gasteiger partial charge >= 0.3 is 0 Å². The molecule has 1 heterocycles. The van der Waals surface area contributed by atoms with Crippen LogP contribution in [0.1, 0.15) is 39.5 Å². The van der Waals surface area contributed by atoms with E-state index in [9.17, 15) is 9.59 Å². The van der Waals surface area contributed by atoms with Crippen LogP contribution in [-0.2, 0) is 9.59 Å². The van der Waals surface area contributed by atoms with Crippen molar-refractivity contribution in [2.45, 2.75) is 51.6 Å². The summed E-state index contributed by atoms with van der Waals surface area (Å²) < 4.78 is 0. The highest BCUT2D eigenvalue weighted by Crippen LogP contribution is 2.22. The average molecular weight is 242 g/mol. The van der Waals surface area contributed by atoms with Gasteiger partial charge in [0.25, 0.3) is 0 Å². The van der Waals surface area contributed by atoms with E-state index < -0.39 is 6.04 Å². The number of hydrogen-bond donors (Lipinski definition) is 2. The molecular formula is C12H22N2O3. The predicted octanol–water partition coefficient (Wildman–Crippen LogP) is 0.274. The number of amides is 2. The van der Waals surface area contributed by atoms with Gasteiger partial charge in [0.15, 0.2) is 0 Å². The molecule has 1 rings (SSSR count). The molecule has 2 amide bonds. The Kier molecular flexibility index (Phi) is 5.41. The molecule has 0 saturated carbocycles. The van der Waals surface area contributed by atoms with E-state index in [1.165, 1.54) is 6.92 Å². The van der Waals surface area contributed by atoms with E-state index in [0.29, 0.717) is 0 Å². The van der Waals surface area contributed by atoms with Gasteiger partial charge in [-0.3, -0.25) is 9.59 Å². The SMILES string of the molecule is CC(=O)NC(C)C(=O)N1CCCC1CCCO. The van der Waals surface area contributed by atoms with E-state index in [-0.39, 0.29) is 24.5 Å². The molecule has 0 aromatic heterocycles. The van der Waals surface area contributed by atoms with E-state index >= 15 is 0 Å². The summed E-state index contributed by atoms with van der Waals surface area (Å²) in [5.74, 6) is -0.197. The summed E-state index contributed by atoms with van der Waals surface area (Å²) in [5, 5.41) is 11.4. The highest BCUT2D eigenvalue weighted by atomic mass is 16.3. The highest BCUT2D eigenvalue weighted by Gasteiger charge is 2.30. The molecule has 17 heavy (non-hydrogen) atoms. The lowest BCUT2D eigenvalue weighted by Gasteiger charge is -2.27. The number of carbonyl (C=O) groups excluding carboxylic acids is 2. The topological polar surface area (TPSA) is 69.6 Å². The van der Waals surface area contributed by atoms with E-state index in [4.69, 9.17) is 5.11 Å². The fraction of sp³-hybridized carbons (Fsp3) is 0.833. The summed E-state index contributed by atoms with van der Waals surface area (Å²) in [7, 11) is 0. The molecule has 5 heteroatoms. The number of carbonyl (C=O) groups is 2. The maximum absolute atomic E-state index is 12.1. The molecule has 0 radical (unpaired) electrons. The third kappa shape index (κ3) is 4.00. The van der Waals surface area contributed by atoms with Crippen LogP contribution >= 0.6 is 0 Å². The Labute approximate surface area is 102 Å². The van der Waals surface area contributed by atoms with Gasteiger partial charge in [-0.1, -0.05) is 0 Å². The number of aliphatic hydroxyl groups is 1. The van der Waals surface area contributed by atoms with Gasteiger partial charge in [-0.25, -0.2) is 0 Å². The van der Waals surface area contributed by atoms with Crippen molar-refractivity contribution in [1.29, 1.82) is 0 Å². The lowest BCUT2D eigenvalue weighted by Crippen LogP contribution is -2.48. The number of aliphatic hydroxyl groups excluding tert-OH is 1. The molecule has 0 bridgehead atoms. The van der Waals surface area contributed by atoms with Gasteiger partial charge in [0.1, 0.15) is 6.04 Å². The lowest BCUT2D eigenvalue weighted by molar-refractivity contribution is -0.136. The zero-order valence-corrected chi connectivity index (χ0v) is 10.6. The first kappa shape index (κ1) is 14.0. The summed E-state index contributed by atoms with van der Waals surface area (Å²) in [6, 6.07) is -0.229. The minimum Gasteiger partial charge on any atom is -0.396 e. The molecule has 1 fully saturated rings. The van der Waals surface area contributed by atoms with Crippen molar-refractivity contribution < 1.29 is 14.7 Å². The van der Waals surface area contributed by atoms with Crippen LogP contribution in [0.25, 0.3) is 0 Å². The van der Waals surface area contributed by atoms with Gasteiger partial charge in [-0.2, -0.15) is 0 Å². The molecule has 0 aromatic carbocycles. The molecule has 0 spiro atoms. The Morgan fingerprint density at radius 3 is 2.82 bits per heavy atom. The number of likely N-dealkylation sites (tertiary alicyclic amines) is 1. The summed E-state index contributed by atoms with van der Waals surface area (Å²) in [5.41, 5.74) is 0. The maximum atomic E-state index is 12.1. The fourth-order valence-corrected chi connectivity index (χ4v) is 2.37. The first-order valence-corrected chi connectivity index (χ1v) is 6.24. The number of nitrogens with zero attached hydrogens (tertiary/aromatic N) is 1. The third-order valence-corrected chi connectivity index (χ3v) is 3.15. The Bertz CT molecular complexity index is 281. The molecule has 0 aromatic rings. The second kappa shape index (κ2) is 6.59. The molecular weight excluding hydrogens is 220 g/mol. The number of hydrogen-bond acceptors (Lipinski definition) is 3. The third-order valence-electron chi connectivity index (χ3n) is 3.15. The Morgan fingerprint density at radius 1 is 1.53 bits per heavy atom. The van der Waals surface area contributed by atoms with E-state index in [0.717, 1.165) is 32.2 Å². The van der Waals surface area contributed by atoms with Crippen LogP contribution < -0.4 is 5.32 Å². The van der Waals surface area contributed by atoms with Gasteiger partial charge in [0, 0.05) is 26.1 Å². The van der Waals surface area contributed by atoms with E-state index in [1.807, 2.05) is 4.90 Å². The van der Waals surface area contributed by atoms with Crippen molar-refractivity contribution >= 4 is 11.8 Å². The van der Waals surface area contributed by atoms with Crippen molar-refractivity contribution in [2.24, 2.45) is 0 Å². The van der Waals surface area contributed by atoms with Gasteiger partial charge in [-0.05, 0) is 32.6 Å². The van der Waals surface area contributed by atoms with Crippen molar-refractivity contribution in [3.05, 3.63) is 0 Å². The van der Waals surface area contributed by atoms with Crippen LogP contribution in [-0.4, -0.2) is 47.1 Å². The standard InChI is InChI=1S/C12H22N2O3/c1-9(13-10(2)16)12(17)14-7-3-5-11(14)6-4-8-15/h9,11,15H,3-8H2,1-2H3,(H,13,16). The summed E-state index contributed by atoms with van der Waals surface area (Å²) in [6.45, 7) is 4.06. The van der Waals surface area contributed by atoms with Crippen LogP contribution in [0.2, 0.25) is 0 Å². The van der Waals surface area contributed by atoms with Gasteiger partial charge < -0.3 is 15.3 Å². The molecule has 1 aliphatic heterocycles. The summed E-state index contributed by atoms with van der Waals surface area (Å²) in [6.07, 6.45) is 3.57. The Balaban J connectivity index is 2.51. The van der Waals surface area contributed by atoms with Crippen LogP contribution in [0, 0.1) is 0 Å². The Hall–Kier alpha value is -1.10. The molecule has 98 valence electrons. The first-order chi connectivity index (χ1) is 8.06. The molecule has 1 saturated heterocycles. The smallest absolute Gasteiger partial charge is 0.245 e. The first-order valence-electron chi connectivity index (χ1n) is 6.24.